The molecule has 0 radical (unpaired) electrons. The van der Waals surface area contributed by atoms with Gasteiger partial charge in [-0.1, -0.05) is 26.7 Å². The maximum Gasteiger partial charge on any atom is 0.109 e. The van der Waals surface area contributed by atoms with E-state index in [0.29, 0.717) is 0 Å². The molecule has 3 N–H and O–H groups in total. The summed E-state index contributed by atoms with van der Waals surface area (Å²) in [6.07, 6.45) is 3.89. The Morgan fingerprint density at radius 1 is 1.35 bits per heavy atom. The Morgan fingerprint density at radius 2 is 2.12 bits per heavy atom. The van der Waals surface area contributed by atoms with Crippen molar-refractivity contribution in [2.75, 3.05) is 6.54 Å². The molecule has 4 heteroatoms. The van der Waals surface area contributed by atoms with Crippen molar-refractivity contribution in [1.82, 2.24) is 10.3 Å². The Hall–Kier alpha value is -0.450. The largest absolute Gasteiger partial charge is 0.322 e. The highest BCUT2D eigenvalue weighted by Gasteiger charge is 2.05. The molecule has 0 bridgehead atoms. The smallest absolute Gasteiger partial charge is 0.109 e. The number of nitrogens with two attached hydrogens (primary N) is 1. The van der Waals surface area contributed by atoms with Gasteiger partial charge in [-0.15, -0.1) is 11.3 Å². The summed E-state index contributed by atoms with van der Waals surface area (Å²) in [5.74, 6) is 0.821. The van der Waals surface area contributed by atoms with Crippen LogP contribution in [0.5, 0.6) is 0 Å². The molecule has 1 aromatic rings. The SMILES string of the molecule is CC(C)CCCCNCc1csc(C(C)N)n1. The molecular formula is C13H25N3S. The van der Waals surface area contributed by atoms with Crippen molar-refractivity contribution in [2.24, 2.45) is 11.7 Å². The number of hydrogen-bond acceptors (Lipinski definition) is 4. The zero-order valence-electron chi connectivity index (χ0n) is 11.2. The number of hydrogen-bond donors (Lipinski definition) is 2. The highest BCUT2D eigenvalue weighted by Crippen LogP contribution is 2.15. The molecule has 0 aliphatic rings. The molecular weight excluding hydrogens is 230 g/mol. The number of unbranched alkanes of at least 4 members (excludes halogenated alkanes) is 1. The molecule has 1 unspecified atom stereocenters. The van der Waals surface area contributed by atoms with Crippen LogP contribution in [-0.4, -0.2) is 11.5 Å². The fraction of sp³-hybridized carbons (Fsp3) is 0.769. The molecule has 1 atom stereocenters. The van der Waals surface area contributed by atoms with Gasteiger partial charge in [0.1, 0.15) is 5.01 Å². The summed E-state index contributed by atoms with van der Waals surface area (Å²) in [5.41, 5.74) is 6.89. The molecule has 1 rings (SSSR count). The number of rotatable bonds is 8. The predicted octanol–water partition coefficient (Wildman–Crippen LogP) is 3.08. The first-order valence-electron chi connectivity index (χ1n) is 6.50. The van der Waals surface area contributed by atoms with Crippen molar-refractivity contribution in [3.8, 4) is 0 Å². The summed E-state index contributed by atoms with van der Waals surface area (Å²) in [7, 11) is 0. The number of nitrogens with zero attached hydrogens (tertiary/aromatic N) is 1. The minimum atomic E-state index is 0.0554. The van der Waals surface area contributed by atoms with E-state index in [-0.39, 0.29) is 6.04 Å². The molecule has 98 valence electrons. The fourth-order valence-corrected chi connectivity index (χ4v) is 2.41. The highest BCUT2D eigenvalue weighted by atomic mass is 32.1. The van der Waals surface area contributed by atoms with E-state index >= 15 is 0 Å². The van der Waals surface area contributed by atoms with Crippen LogP contribution in [0.25, 0.3) is 0 Å². The first-order chi connectivity index (χ1) is 8.09. The third-order valence-corrected chi connectivity index (χ3v) is 3.74. The lowest BCUT2D eigenvalue weighted by Gasteiger charge is -2.05. The lowest BCUT2D eigenvalue weighted by Crippen LogP contribution is -2.15. The maximum atomic E-state index is 5.78. The Labute approximate surface area is 109 Å². The zero-order valence-corrected chi connectivity index (χ0v) is 12.0. The number of aromatic nitrogens is 1. The molecule has 0 aromatic carbocycles. The average Bonchev–Trinajstić information content (AvgIpc) is 2.71. The van der Waals surface area contributed by atoms with E-state index in [2.05, 4.69) is 29.5 Å². The monoisotopic (exact) mass is 255 g/mol. The zero-order chi connectivity index (χ0) is 12.7. The van der Waals surface area contributed by atoms with Crippen LogP contribution in [-0.2, 0) is 6.54 Å². The summed E-state index contributed by atoms with van der Waals surface area (Å²) in [6, 6.07) is 0.0554. The van der Waals surface area contributed by atoms with Crippen molar-refractivity contribution in [2.45, 2.75) is 52.6 Å². The molecule has 1 aromatic heterocycles. The quantitative estimate of drug-likeness (QED) is 0.702. The van der Waals surface area contributed by atoms with Crippen LogP contribution in [0, 0.1) is 5.92 Å². The standard InChI is InChI=1S/C13H25N3S/c1-10(2)6-4-5-7-15-8-12-9-17-13(16-12)11(3)14/h9-11,15H,4-8,14H2,1-3H3. The van der Waals surface area contributed by atoms with Crippen LogP contribution in [0.4, 0.5) is 0 Å². The van der Waals surface area contributed by atoms with E-state index in [1.807, 2.05) is 6.92 Å². The molecule has 17 heavy (non-hydrogen) atoms. The second kappa shape index (κ2) is 7.80. The summed E-state index contributed by atoms with van der Waals surface area (Å²) in [5, 5.41) is 6.56. The van der Waals surface area contributed by atoms with Crippen LogP contribution in [0.15, 0.2) is 5.38 Å². The molecule has 0 spiro atoms. The first-order valence-corrected chi connectivity index (χ1v) is 7.38. The third-order valence-electron chi connectivity index (χ3n) is 2.65. The van der Waals surface area contributed by atoms with Gasteiger partial charge in [0.25, 0.3) is 0 Å². The molecule has 1 heterocycles. The van der Waals surface area contributed by atoms with Gasteiger partial charge in [0.05, 0.1) is 11.7 Å². The molecule has 3 nitrogen and oxygen atoms in total. The lowest BCUT2D eigenvalue weighted by molar-refractivity contribution is 0.519. The summed E-state index contributed by atoms with van der Waals surface area (Å²) in [6.45, 7) is 8.47. The summed E-state index contributed by atoms with van der Waals surface area (Å²) in [4.78, 5) is 4.49. The first kappa shape index (κ1) is 14.6. The van der Waals surface area contributed by atoms with Gasteiger partial charge in [0, 0.05) is 11.9 Å². The van der Waals surface area contributed by atoms with E-state index in [0.717, 1.165) is 29.7 Å². The predicted molar refractivity (Wildman–Crippen MR) is 75.1 cm³/mol. The second-order valence-corrected chi connectivity index (χ2v) is 5.92. The van der Waals surface area contributed by atoms with Crippen molar-refractivity contribution in [3.05, 3.63) is 16.1 Å². The summed E-state index contributed by atoms with van der Waals surface area (Å²) >= 11 is 1.65. The van der Waals surface area contributed by atoms with Crippen molar-refractivity contribution in [1.29, 1.82) is 0 Å². The topological polar surface area (TPSA) is 50.9 Å². The van der Waals surface area contributed by atoms with E-state index < -0.39 is 0 Å². The van der Waals surface area contributed by atoms with Gasteiger partial charge >= 0.3 is 0 Å². The Kier molecular flexibility index (Phi) is 6.70. The van der Waals surface area contributed by atoms with E-state index in [1.54, 1.807) is 11.3 Å². The van der Waals surface area contributed by atoms with E-state index in [1.165, 1.54) is 19.3 Å². The van der Waals surface area contributed by atoms with Crippen LogP contribution in [0.1, 0.15) is 56.8 Å². The molecule has 0 saturated heterocycles. The maximum absolute atomic E-state index is 5.78. The minimum Gasteiger partial charge on any atom is -0.322 e. The van der Waals surface area contributed by atoms with Gasteiger partial charge in [0.2, 0.25) is 0 Å². The van der Waals surface area contributed by atoms with Gasteiger partial charge in [-0.2, -0.15) is 0 Å². The molecule has 0 aliphatic carbocycles. The van der Waals surface area contributed by atoms with Gasteiger partial charge in [-0.25, -0.2) is 4.98 Å². The Morgan fingerprint density at radius 3 is 2.71 bits per heavy atom. The lowest BCUT2D eigenvalue weighted by atomic mass is 10.1. The van der Waals surface area contributed by atoms with Crippen molar-refractivity contribution in [3.63, 3.8) is 0 Å². The normalized spacial score (nSPS) is 13.2. The second-order valence-electron chi connectivity index (χ2n) is 5.03. The fourth-order valence-electron chi connectivity index (χ4n) is 1.63. The number of thiazole rings is 1. The minimum absolute atomic E-state index is 0.0554. The number of nitrogens with one attached hydrogen (secondary N) is 1. The van der Waals surface area contributed by atoms with Crippen LogP contribution >= 0.6 is 11.3 Å². The van der Waals surface area contributed by atoms with Crippen LogP contribution < -0.4 is 11.1 Å². The average molecular weight is 255 g/mol. The van der Waals surface area contributed by atoms with Gasteiger partial charge in [0.15, 0.2) is 0 Å². The third kappa shape index (κ3) is 6.15. The van der Waals surface area contributed by atoms with Gasteiger partial charge in [-0.05, 0) is 25.8 Å². The van der Waals surface area contributed by atoms with E-state index in [9.17, 15) is 0 Å². The summed E-state index contributed by atoms with van der Waals surface area (Å²) < 4.78 is 0. The molecule has 0 aliphatic heterocycles. The Bertz CT molecular complexity index is 307. The Balaban J connectivity index is 2.09. The van der Waals surface area contributed by atoms with E-state index in [4.69, 9.17) is 5.73 Å². The van der Waals surface area contributed by atoms with Crippen molar-refractivity contribution < 1.29 is 0 Å². The van der Waals surface area contributed by atoms with Crippen LogP contribution in [0.3, 0.4) is 0 Å². The molecule has 0 fully saturated rings. The van der Waals surface area contributed by atoms with Gasteiger partial charge in [-0.3, -0.25) is 0 Å². The highest BCUT2D eigenvalue weighted by molar-refractivity contribution is 7.09. The van der Waals surface area contributed by atoms with Gasteiger partial charge < -0.3 is 11.1 Å². The molecule has 0 amide bonds. The van der Waals surface area contributed by atoms with Crippen molar-refractivity contribution >= 4 is 11.3 Å². The van der Waals surface area contributed by atoms with Crippen LogP contribution in [0.2, 0.25) is 0 Å². The molecule has 0 saturated carbocycles.